The van der Waals surface area contributed by atoms with Crippen molar-refractivity contribution in [1.29, 1.82) is 0 Å². The summed E-state index contributed by atoms with van der Waals surface area (Å²) in [5, 5.41) is 4.99. The van der Waals surface area contributed by atoms with Crippen LogP contribution in [0, 0.1) is 5.92 Å². The van der Waals surface area contributed by atoms with Gasteiger partial charge in [0.25, 0.3) is 0 Å². The fourth-order valence-corrected chi connectivity index (χ4v) is 4.25. The van der Waals surface area contributed by atoms with Gasteiger partial charge >= 0.3 is 0 Å². The van der Waals surface area contributed by atoms with E-state index in [2.05, 4.69) is 56.5 Å². The number of nitrogens with one attached hydrogen (secondary N) is 1. The van der Waals surface area contributed by atoms with E-state index in [9.17, 15) is 0 Å². The Morgan fingerprint density at radius 3 is 2.50 bits per heavy atom. The summed E-state index contributed by atoms with van der Waals surface area (Å²) in [6.45, 7) is 9.15. The highest BCUT2D eigenvalue weighted by molar-refractivity contribution is 8.18. The van der Waals surface area contributed by atoms with Crippen LogP contribution in [-0.2, 0) is 0 Å². The molecular weight excluding hydrogens is 186 g/mol. The van der Waals surface area contributed by atoms with E-state index in [0.717, 1.165) is 10.5 Å². The van der Waals surface area contributed by atoms with Gasteiger partial charge in [0.1, 0.15) is 0 Å². The molecule has 0 aromatic carbocycles. The molecule has 0 amide bonds. The maximum Gasteiger partial charge on any atom is 0.0574 e. The third kappa shape index (κ3) is 2.86. The summed E-state index contributed by atoms with van der Waals surface area (Å²) in [5.74, 6) is 0.743. The molecule has 3 heteroatoms. The minimum atomic E-state index is 0.659. The quantitative estimate of drug-likeness (QED) is 0.744. The molecule has 72 valence electrons. The lowest BCUT2D eigenvalue weighted by molar-refractivity contribution is 0.490. The van der Waals surface area contributed by atoms with Crippen molar-refractivity contribution in [2.45, 2.75) is 49.4 Å². The van der Waals surface area contributed by atoms with Crippen LogP contribution in [-0.4, -0.2) is 15.3 Å². The van der Waals surface area contributed by atoms with Crippen molar-refractivity contribution in [3.05, 3.63) is 0 Å². The molecule has 1 fully saturated rings. The Balaban J connectivity index is 2.45. The summed E-state index contributed by atoms with van der Waals surface area (Å²) in [6, 6.07) is 0. The molecular formula is C9H19NS2. The topological polar surface area (TPSA) is 12.0 Å². The minimum absolute atomic E-state index is 0.659. The summed E-state index contributed by atoms with van der Waals surface area (Å²) in [7, 11) is 0. The van der Waals surface area contributed by atoms with Crippen molar-refractivity contribution in [3.63, 3.8) is 0 Å². The van der Waals surface area contributed by atoms with E-state index in [1.54, 1.807) is 0 Å². The smallest absolute Gasteiger partial charge is 0.0574 e. The zero-order chi connectivity index (χ0) is 9.14. The van der Waals surface area contributed by atoms with Crippen LogP contribution in [0.1, 0.15) is 34.1 Å². The molecule has 0 aromatic heterocycles. The Labute approximate surface area is 84.4 Å². The lowest BCUT2D eigenvalue weighted by atomic mass is 10.2. The molecule has 1 aliphatic rings. The molecule has 3 unspecified atom stereocenters. The minimum Gasteiger partial charge on any atom is -0.293 e. The van der Waals surface area contributed by atoms with Gasteiger partial charge < -0.3 is 0 Å². The lowest BCUT2D eigenvalue weighted by Gasteiger charge is -2.35. The molecule has 0 saturated carbocycles. The van der Waals surface area contributed by atoms with Crippen molar-refractivity contribution >= 4 is 23.5 Å². The Hall–Kier alpha value is 0.660. The molecule has 3 atom stereocenters. The van der Waals surface area contributed by atoms with Crippen molar-refractivity contribution in [2.24, 2.45) is 5.92 Å². The van der Waals surface area contributed by atoms with E-state index >= 15 is 0 Å². The Bertz CT molecular complexity index is 138. The van der Waals surface area contributed by atoms with Crippen LogP contribution in [0.25, 0.3) is 0 Å². The molecule has 1 rings (SSSR count). The molecule has 0 aliphatic carbocycles. The van der Waals surface area contributed by atoms with Gasteiger partial charge in [-0.3, -0.25) is 5.32 Å². The van der Waals surface area contributed by atoms with Crippen LogP contribution in [0.3, 0.4) is 0 Å². The fourth-order valence-electron chi connectivity index (χ4n) is 1.30. The van der Waals surface area contributed by atoms with Crippen molar-refractivity contribution in [1.82, 2.24) is 5.32 Å². The zero-order valence-corrected chi connectivity index (χ0v) is 9.97. The first kappa shape index (κ1) is 10.7. The summed E-state index contributed by atoms with van der Waals surface area (Å²) >= 11 is 4.12. The van der Waals surface area contributed by atoms with Crippen molar-refractivity contribution < 1.29 is 0 Å². The molecule has 1 heterocycles. The summed E-state index contributed by atoms with van der Waals surface area (Å²) in [4.78, 5) is 0. The van der Waals surface area contributed by atoms with Gasteiger partial charge in [-0.15, -0.1) is 23.5 Å². The Morgan fingerprint density at radius 2 is 2.00 bits per heavy atom. The zero-order valence-electron chi connectivity index (χ0n) is 8.33. The number of rotatable bonds is 2. The first-order chi connectivity index (χ1) is 5.63. The summed E-state index contributed by atoms with van der Waals surface area (Å²) < 4.78 is 0.753. The largest absolute Gasteiger partial charge is 0.293 e. The molecule has 1 saturated heterocycles. The molecule has 0 radical (unpaired) electrons. The third-order valence-electron chi connectivity index (χ3n) is 2.02. The van der Waals surface area contributed by atoms with Gasteiger partial charge in [0.2, 0.25) is 0 Å². The van der Waals surface area contributed by atoms with Crippen molar-refractivity contribution in [3.8, 4) is 0 Å². The second-order valence-electron chi connectivity index (χ2n) is 3.57. The maximum absolute atomic E-state index is 3.66. The van der Waals surface area contributed by atoms with Gasteiger partial charge in [0.05, 0.1) is 15.3 Å². The Kier molecular flexibility index (Phi) is 4.27. The van der Waals surface area contributed by atoms with E-state index in [1.807, 2.05) is 0 Å². The standard InChI is InChI=1S/C9H19NS2/c1-5-8-10-9(6(2)3)12-7(4)11-8/h6-10H,5H2,1-4H3. The number of thioether (sulfide) groups is 2. The highest BCUT2D eigenvalue weighted by Gasteiger charge is 2.27. The first-order valence-electron chi connectivity index (χ1n) is 4.70. The third-order valence-corrected chi connectivity index (χ3v) is 5.23. The summed E-state index contributed by atoms with van der Waals surface area (Å²) in [6.07, 6.45) is 1.23. The van der Waals surface area contributed by atoms with Crippen LogP contribution in [0.15, 0.2) is 0 Å². The second-order valence-corrected chi connectivity index (χ2v) is 6.90. The van der Waals surface area contributed by atoms with Gasteiger partial charge in [-0.1, -0.05) is 20.8 Å². The van der Waals surface area contributed by atoms with E-state index in [4.69, 9.17) is 0 Å². The van der Waals surface area contributed by atoms with E-state index in [-0.39, 0.29) is 0 Å². The molecule has 1 aliphatic heterocycles. The monoisotopic (exact) mass is 205 g/mol. The summed E-state index contributed by atoms with van der Waals surface area (Å²) in [5.41, 5.74) is 0. The molecule has 1 N–H and O–H groups in total. The van der Waals surface area contributed by atoms with Crippen LogP contribution in [0.2, 0.25) is 0 Å². The second kappa shape index (κ2) is 4.77. The van der Waals surface area contributed by atoms with Gasteiger partial charge in [-0.05, 0) is 19.3 Å². The normalized spacial score (nSPS) is 37.2. The number of hydrogen-bond donors (Lipinski definition) is 1. The van der Waals surface area contributed by atoms with Crippen LogP contribution >= 0.6 is 23.5 Å². The molecule has 0 bridgehead atoms. The lowest BCUT2D eigenvalue weighted by Crippen LogP contribution is -2.42. The molecule has 0 aromatic rings. The van der Waals surface area contributed by atoms with Crippen molar-refractivity contribution in [2.75, 3.05) is 0 Å². The van der Waals surface area contributed by atoms with Gasteiger partial charge in [-0.25, -0.2) is 0 Å². The van der Waals surface area contributed by atoms with E-state index in [1.165, 1.54) is 6.42 Å². The van der Waals surface area contributed by atoms with Crippen LogP contribution in [0.5, 0.6) is 0 Å². The highest BCUT2D eigenvalue weighted by atomic mass is 32.2. The highest BCUT2D eigenvalue weighted by Crippen LogP contribution is 2.37. The number of hydrogen-bond acceptors (Lipinski definition) is 3. The first-order valence-corrected chi connectivity index (χ1v) is 6.59. The van der Waals surface area contributed by atoms with Gasteiger partial charge in [-0.2, -0.15) is 0 Å². The van der Waals surface area contributed by atoms with E-state index in [0.29, 0.717) is 10.7 Å². The average molecular weight is 205 g/mol. The van der Waals surface area contributed by atoms with Gasteiger partial charge in [0, 0.05) is 0 Å². The maximum atomic E-state index is 3.66. The van der Waals surface area contributed by atoms with E-state index < -0.39 is 0 Å². The predicted octanol–water partition coefficient (Wildman–Crippen LogP) is 3.12. The molecule has 12 heavy (non-hydrogen) atoms. The fraction of sp³-hybridized carbons (Fsp3) is 1.00. The molecule has 0 spiro atoms. The Morgan fingerprint density at radius 1 is 1.33 bits per heavy atom. The van der Waals surface area contributed by atoms with Gasteiger partial charge in [0.15, 0.2) is 0 Å². The predicted molar refractivity (Wildman–Crippen MR) is 60.5 cm³/mol. The average Bonchev–Trinajstić information content (AvgIpc) is 2.03. The van der Waals surface area contributed by atoms with Crippen LogP contribution in [0.4, 0.5) is 0 Å². The molecule has 1 nitrogen and oxygen atoms in total. The van der Waals surface area contributed by atoms with Crippen LogP contribution < -0.4 is 5.32 Å². The SMILES string of the molecule is CCC1NC(C(C)C)SC(C)S1.